The Balaban J connectivity index is 1.43. The number of rotatable bonds is 5. The van der Waals surface area contributed by atoms with E-state index in [1.54, 1.807) is 4.90 Å². The van der Waals surface area contributed by atoms with Gasteiger partial charge < -0.3 is 14.5 Å². The predicted molar refractivity (Wildman–Crippen MR) is 123 cm³/mol. The molecule has 6 heteroatoms. The maximum Gasteiger partial charge on any atom is 0.242 e. The first-order valence-electron chi connectivity index (χ1n) is 11.7. The molecule has 0 unspecified atom stereocenters. The van der Waals surface area contributed by atoms with Crippen LogP contribution in [0.2, 0.25) is 0 Å². The summed E-state index contributed by atoms with van der Waals surface area (Å²) >= 11 is 0. The van der Waals surface area contributed by atoms with Crippen molar-refractivity contribution >= 4 is 11.8 Å². The number of ether oxygens (including phenoxy) is 1. The van der Waals surface area contributed by atoms with Crippen molar-refractivity contribution in [1.29, 1.82) is 0 Å². The molecule has 1 aromatic carbocycles. The van der Waals surface area contributed by atoms with Crippen LogP contribution in [0.3, 0.4) is 0 Å². The van der Waals surface area contributed by atoms with Gasteiger partial charge in [0.15, 0.2) is 0 Å². The second kappa shape index (κ2) is 10.3. The van der Waals surface area contributed by atoms with E-state index in [-0.39, 0.29) is 24.5 Å². The van der Waals surface area contributed by atoms with Gasteiger partial charge in [-0.3, -0.25) is 14.6 Å². The van der Waals surface area contributed by atoms with E-state index < -0.39 is 0 Å². The van der Waals surface area contributed by atoms with Crippen LogP contribution in [-0.2, 0) is 20.7 Å². The van der Waals surface area contributed by atoms with Gasteiger partial charge in [-0.15, -0.1) is 0 Å². The summed E-state index contributed by atoms with van der Waals surface area (Å²) in [5.74, 6) is 0.0999. The third-order valence-electron chi connectivity index (χ3n) is 6.31. The minimum absolute atomic E-state index is 0.00100. The summed E-state index contributed by atoms with van der Waals surface area (Å²) < 4.78 is 6.01. The van der Waals surface area contributed by atoms with Gasteiger partial charge in [-0.25, -0.2) is 0 Å². The highest BCUT2D eigenvalue weighted by Gasteiger charge is 2.29. The van der Waals surface area contributed by atoms with E-state index in [2.05, 4.69) is 43.3 Å². The molecule has 2 aromatic rings. The number of benzene rings is 1. The number of carbonyl (C=O) groups is 2. The average Bonchev–Trinajstić information content (AvgIpc) is 2.99. The fourth-order valence-corrected chi connectivity index (χ4v) is 4.50. The third-order valence-corrected chi connectivity index (χ3v) is 6.31. The molecule has 6 nitrogen and oxygen atoms in total. The van der Waals surface area contributed by atoms with E-state index in [1.165, 1.54) is 16.7 Å². The molecule has 0 spiro atoms. The fourth-order valence-electron chi connectivity index (χ4n) is 4.50. The summed E-state index contributed by atoms with van der Waals surface area (Å²) in [5.41, 5.74) is 5.53. The first-order chi connectivity index (χ1) is 15.5. The Morgan fingerprint density at radius 2 is 1.88 bits per heavy atom. The summed E-state index contributed by atoms with van der Waals surface area (Å²) in [7, 11) is 0. The average molecular weight is 436 g/mol. The van der Waals surface area contributed by atoms with Crippen molar-refractivity contribution in [3.05, 3.63) is 64.5 Å². The normalized spacial score (nSPS) is 19.7. The maximum atomic E-state index is 13.0. The molecular weight excluding hydrogens is 402 g/mol. The molecule has 4 rings (SSSR count). The lowest BCUT2D eigenvalue weighted by molar-refractivity contribution is -0.145. The van der Waals surface area contributed by atoms with Gasteiger partial charge in [-0.1, -0.05) is 36.2 Å². The molecule has 0 radical (unpaired) electrons. The van der Waals surface area contributed by atoms with Crippen LogP contribution in [0.4, 0.5) is 0 Å². The zero-order chi connectivity index (χ0) is 22.5. The van der Waals surface area contributed by atoms with Crippen LogP contribution in [-0.4, -0.2) is 59.4 Å². The minimum atomic E-state index is -0.246. The molecule has 1 atom stereocenters. The zero-order valence-corrected chi connectivity index (χ0v) is 19.2. The number of amides is 2. The highest BCUT2D eigenvalue weighted by Crippen LogP contribution is 2.24. The van der Waals surface area contributed by atoms with Crippen LogP contribution in [0.5, 0.6) is 0 Å². The van der Waals surface area contributed by atoms with Gasteiger partial charge in [-0.2, -0.15) is 0 Å². The molecule has 2 amide bonds. The van der Waals surface area contributed by atoms with Crippen LogP contribution in [0, 0.1) is 13.8 Å². The number of aryl methyl sites for hydroxylation is 2. The lowest BCUT2D eigenvalue weighted by atomic mass is 10.0. The second-order valence-electron chi connectivity index (χ2n) is 9.03. The number of carbonyl (C=O) groups excluding carboxylic acids is 2. The van der Waals surface area contributed by atoms with Crippen LogP contribution in [0.25, 0.3) is 0 Å². The monoisotopic (exact) mass is 435 g/mol. The topological polar surface area (TPSA) is 62.7 Å². The van der Waals surface area contributed by atoms with Gasteiger partial charge in [0, 0.05) is 25.2 Å². The summed E-state index contributed by atoms with van der Waals surface area (Å²) in [6, 6.07) is 12.8. The van der Waals surface area contributed by atoms with Gasteiger partial charge in [0.2, 0.25) is 11.8 Å². The van der Waals surface area contributed by atoms with Crippen molar-refractivity contribution in [3.63, 3.8) is 0 Å². The standard InChI is InChI=1S/C26H33N3O3/c1-19-7-9-21(10-8-19)15-22-14-20(2)27-23(16-22)24-17-29(12-13-32-24)26(31)18-28-11-5-3-4-6-25(28)30/h7-10,14,16,24H,3-6,11-13,15,17-18H2,1-2H3/t24-/m1/s1. The third kappa shape index (κ3) is 5.74. The maximum absolute atomic E-state index is 13.0. The predicted octanol–water partition coefficient (Wildman–Crippen LogP) is 3.59. The lowest BCUT2D eigenvalue weighted by Crippen LogP contribution is -2.48. The van der Waals surface area contributed by atoms with Crippen LogP contribution in [0.15, 0.2) is 36.4 Å². The van der Waals surface area contributed by atoms with Gasteiger partial charge in [0.1, 0.15) is 6.10 Å². The molecule has 3 heterocycles. The van der Waals surface area contributed by atoms with Crippen LogP contribution >= 0.6 is 0 Å². The smallest absolute Gasteiger partial charge is 0.242 e. The molecule has 1 aromatic heterocycles. The van der Waals surface area contributed by atoms with Gasteiger partial charge >= 0.3 is 0 Å². The van der Waals surface area contributed by atoms with Crippen LogP contribution in [0.1, 0.15) is 59.9 Å². The number of morpholine rings is 1. The summed E-state index contributed by atoms with van der Waals surface area (Å²) in [6.45, 7) is 6.45. The Morgan fingerprint density at radius 1 is 1.06 bits per heavy atom. The fraction of sp³-hybridized carbons (Fsp3) is 0.500. The number of aromatic nitrogens is 1. The molecule has 0 bridgehead atoms. The van der Waals surface area contributed by atoms with E-state index in [4.69, 9.17) is 9.72 Å². The molecule has 170 valence electrons. The molecular formula is C26H33N3O3. The Bertz CT molecular complexity index is 957. The first-order valence-corrected chi connectivity index (χ1v) is 11.7. The molecule has 0 N–H and O–H groups in total. The number of hydrogen-bond donors (Lipinski definition) is 0. The Kier molecular flexibility index (Phi) is 7.20. The van der Waals surface area contributed by atoms with Crippen molar-refractivity contribution in [3.8, 4) is 0 Å². The van der Waals surface area contributed by atoms with E-state index in [1.807, 2.05) is 11.8 Å². The van der Waals surface area contributed by atoms with Gasteiger partial charge in [0.05, 0.1) is 25.4 Å². The Morgan fingerprint density at radius 3 is 2.69 bits per heavy atom. The molecule has 2 saturated heterocycles. The van der Waals surface area contributed by atoms with E-state index in [0.717, 1.165) is 37.1 Å². The molecule has 0 saturated carbocycles. The molecule has 32 heavy (non-hydrogen) atoms. The van der Waals surface area contributed by atoms with Crippen molar-refractivity contribution in [1.82, 2.24) is 14.8 Å². The molecule has 2 aliphatic rings. The SMILES string of the molecule is Cc1ccc(Cc2cc(C)nc([C@H]3CN(C(=O)CN4CCCCCC4=O)CCO3)c2)cc1. The van der Waals surface area contributed by atoms with E-state index in [9.17, 15) is 9.59 Å². The van der Waals surface area contributed by atoms with Crippen LogP contribution < -0.4 is 0 Å². The lowest BCUT2D eigenvalue weighted by Gasteiger charge is -2.34. The largest absolute Gasteiger partial charge is 0.368 e. The summed E-state index contributed by atoms with van der Waals surface area (Å²) in [5, 5.41) is 0. The highest BCUT2D eigenvalue weighted by atomic mass is 16.5. The number of pyridine rings is 1. The highest BCUT2D eigenvalue weighted by molar-refractivity contribution is 5.85. The van der Waals surface area contributed by atoms with E-state index >= 15 is 0 Å². The first kappa shape index (κ1) is 22.5. The molecule has 2 aliphatic heterocycles. The van der Waals surface area contributed by atoms with Crippen molar-refractivity contribution < 1.29 is 14.3 Å². The van der Waals surface area contributed by atoms with Crippen molar-refractivity contribution in [2.24, 2.45) is 0 Å². The number of nitrogens with zero attached hydrogens (tertiary/aromatic N) is 3. The molecule has 2 fully saturated rings. The quantitative estimate of drug-likeness (QED) is 0.720. The second-order valence-corrected chi connectivity index (χ2v) is 9.03. The zero-order valence-electron chi connectivity index (χ0n) is 19.2. The van der Waals surface area contributed by atoms with E-state index in [0.29, 0.717) is 32.7 Å². The Labute approximate surface area is 190 Å². The number of likely N-dealkylation sites (tertiary alicyclic amines) is 1. The number of hydrogen-bond acceptors (Lipinski definition) is 4. The van der Waals surface area contributed by atoms with Crippen molar-refractivity contribution in [2.45, 2.75) is 52.1 Å². The summed E-state index contributed by atoms with van der Waals surface area (Å²) in [4.78, 5) is 33.5. The minimum Gasteiger partial charge on any atom is -0.368 e. The van der Waals surface area contributed by atoms with Crippen molar-refractivity contribution in [2.75, 3.05) is 32.8 Å². The van der Waals surface area contributed by atoms with Gasteiger partial charge in [0.25, 0.3) is 0 Å². The van der Waals surface area contributed by atoms with Gasteiger partial charge in [-0.05, 0) is 56.4 Å². The Hall–Kier alpha value is -2.73. The molecule has 0 aliphatic carbocycles. The summed E-state index contributed by atoms with van der Waals surface area (Å²) in [6.07, 6.45) is 4.10.